The molecule has 8 nitrogen and oxygen atoms in total. The highest BCUT2D eigenvalue weighted by Crippen LogP contribution is 2.29. The first-order valence-corrected chi connectivity index (χ1v) is 14.9. The molecule has 0 aliphatic heterocycles. The number of rotatable bonds is 10. The lowest BCUT2D eigenvalue weighted by Gasteiger charge is -2.35. The topological polar surface area (TPSA) is 108 Å². The van der Waals surface area contributed by atoms with Gasteiger partial charge in [0.2, 0.25) is 5.91 Å². The predicted molar refractivity (Wildman–Crippen MR) is 173 cm³/mol. The summed E-state index contributed by atoms with van der Waals surface area (Å²) in [5.74, 6) is -0.695. The SMILES string of the molecule is CCCN(C(=O)C(Cc1ccc(O)cc1)NC(=O)OC(C)(C)C)C(C(=O)Nc1ccc2ccccc2c1)c1ccccc1C. The number of fused-ring (bicyclic) bond motifs is 1. The molecule has 0 saturated heterocycles. The fourth-order valence-corrected chi connectivity index (χ4v) is 5.15. The molecule has 4 aromatic rings. The van der Waals surface area contributed by atoms with E-state index in [9.17, 15) is 19.5 Å². The van der Waals surface area contributed by atoms with Crippen molar-refractivity contribution < 1.29 is 24.2 Å². The molecule has 3 amide bonds. The molecule has 8 heteroatoms. The molecule has 0 bridgehead atoms. The highest BCUT2D eigenvalue weighted by molar-refractivity contribution is 6.00. The van der Waals surface area contributed by atoms with E-state index in [1.165, 1.54) is 12.1 Å². The number of anilines is 1. The number of carbonyl (C=O) groups is 3. The van der Waals surface area contributed by atoms with Gasteiger partial charge in [0, 0.05) is 18.7 Å². The molecule has 4 aromatic carbocycles. The largest absolute Gasteiger partial charge is 0.508 e. The lowest BCUT2D eigenvalue weighted by Crippen LogP contribution is -2.53. The van der Waals surface area contributed by atoms with Gasteiger partial charge in [0.1, 0.15) is 23.4 Å². The van der Waals surface area contributed by atoms with Gasteiger partial charge in [0.15, 0.2) is 0 Å². The van der Waals surface area contributed by atoms with Crippen molar-refractivity contribution in [3.63, 3.8) is 0 Å². The number of aryl methyl sites for hydroxylation is 1. The van der Waals surface area contributed by atoms with E-state index in [-0.39, 0.29) is 24.6 Å². The van der Waals surface area contributed by atoms with E-state index < -0.39 is 29.7 Å². The average Bonchev–Trinajstić information content (AvgIpc) is 2.97. The van der Waals surface area contributed by atoms with Crippen molar-refractivity contribution in [3.8, 4) is 5.75 Å². The van der Waals surface area contributed by atoms with E-state index in [4.69, 9.17) is 4.74 Å². The summed E-state index contributed by atoms with van der Waals surface area (Å²) >= 11 is 0. The van der Waals surface area contributed by atoms with E-state index in [0.717, 1.165) is 21.9 Å². The Bertz CT molecular complexity index is 1610. The van der Waals surface area contributed by atoms with Crippen molar-refractivity contribution in [2.24, 2.45) is 0 Å². The summed E-state index contributed by atoms with van der Waals surface area (Å²) in [6.07, 6.45) is -0.0275. The maximum absolute atomic E-state index is 14.5. The van der Waals surface area contributed by atoms with Crippen LogP contribution in [0.25, 0.3) is 10.8 Å². The van der Waals surface area contributed by atoms with Gasteiger partial charge >= 0.3 is 6.09 Å². The Kier molecular flexibility index (Phi) is 10.3. The fraction of sp³-hybridized carbons (Fsp3) is 0.306. The number of phenolic OH excluding ortho intramolecular Hbond substituents is 1. The van der Waals surface area contributed by atoms with E-state index in [1.54, 1.807) is 37.8 Å². The summed E-state index contributed by atoms with van der Waals surface area (Å²) in [5, 5.41) is 17.6. The van der Waals surface area contributed by atoms with Gasteiger partial charge in [-0.15, -0.1) is 0 Å². The van der Waals surface area contributed by atoms with Gasteiger partial charge in [-0.3, -0.25) is 9.59 Å². The van der Waals surface area contributed by atoms with Crippen molar-refractivity contribution in [1.29, 1.82) is 0 Å². The zero-order chi connectivity index (χ0) is 31.9. The van der Waals surface area contributed by atoms with Gasteiger partial charge in [0.25, 0.3) is 5.91 Å². The van der Waals surface area contributed by atoms with Crippen LogP contribution >= 0.6 is 0 Å². The second kappa shape index (κ2) is 14.1. The van der Waals surface area contributed by atoms with Crippen molar-refractivity contribution in [2.45, 2.75) is 65.1 Å². The normalized spacial score (nSPS) is 12.7. The molecule has 0 spiro atoms. The maximum Gasteiger partial charge on any atom is 0.408 e. The quantitative estimate of drug-likeness (QED) is 0.185. The van der Waals surface area contributed by atoms with Crippen molar-refractivity contribution in [1.82, 2.24) is 10.2 Å². The Morgan fingerprint density at radius 3 is 2.20 bits per heavy atom. The summed E-state index contributed by atoms with van der Waals surface area (Å²) in [4.78, 5) is 43.2. The number of nitrogens with zero attached hydrogens (tertiary/aromatic N) is 1. The van der Waals surface area contributed by atoms with Crippen molar-refractivity contribution in [3.05, 3.63) is 108 Å². The summed E-state index contributed by atoms with van der Waals surface area (Å²) in [6.45, 7) is 9.36. The summed E-state index contributed by atoms with van der Waals surface area (Å²) < 4.78 is 5.50. The van der Waals surface area contributed by atoms with Crippen LogP contribution in [0.3, 0.4) is 0 Å². The molecular weight excluding hydrogens is 554 g/mol. The van der Waals surface area contributed by atoms with Crippen molar-refractivity contribution in [2.75, 3.05) is 11.9 Å². The first-order chi connectivity index (χ1) is 20.9. The first-order valence-electron chi connectivity index (χ1n) is 14.9. The summed E-state index contributed by atoms with van der Waals surface area (Å²) in [6, 6.07) is 25.5. The zero-order valence-electron chi connectivity index (χ0n) is 26.0. The molecule has 2 unspecified atom stereocenters. The highest BCUT2D eigenvalue weighted by atomic mass is 16.6. The van der Waals surface area contributed by atoms with Gasteiger partial charge in [0.05, 0.1) is 0 Å². The predicted octanol–water partition coefficient (Wildman–Crippen LogP) is 6.91. The number of carbonyl (C=O) groups excluding carboxylic acids is 3. The minimum atomic E-state index is -1.04. The second-order valence-corrected chi connectivity index (χ2v) is 11.9. The Balaban J connectivity index is 1.73. The third-order valence-electron chi connectivity index (χ3n) is 7.17. The molecular formula is C36H41N3O5. The number of hydrogen-bond acceptors (Lipinski definition) is 5. The summed E-state index contributed by atoms with van der Waals surface area (Å²) in [7, 11) is 0. The monoisotopic (exact) mass is 595 g/mol. The Hall–Kier alpha value is -4.85. The van der Waals surface area contributed by atoms with Crippen LogP contribution in [0.5, 0.6) is 5.75 Å². The van der Waals surface area contributed by atoms with Crippen LogP contribution in [0.2, 0.25) is 0 Å². The number of hydrogen-bond donors (Lipinski definition) is 3. The van der Waals surface area contributed by atoms with Crippen molar-refractivity contribution >= 4 is 34.4 Å². The number of amides is 3. The van der Waals surface area contributed by atoms with Crippen LogP contribution < -0.4 is 10.6 Å². The fourth-order valence-electron chi connectivity index (χ4n) is 5.15. The molecule has 0 aromatic heterocycles. The minimum Gasteiger partial charge on any atom is -0.508 e. The Labute approximate surface area is 259 Å². The number of aromatic hydroxyl groups is 1. The van der Waals surface area contributed by atoms with E-state index in [0.29, 0.717) is 17.7 Å². The standard InChI is InChI=1S/C36H41N3O5/c1-6-21-39(34(42)31(38-35(43)44-36(3,4)5)22-25-15-19-29(40)20-16-25)32(30-14-10-7-11-24(30)2)33(41)37-28-18-17-26-12-8-9-13-27(26)23-28/h7-20,23,31-32,40H,6,21-22H2,1-5H3,(H,37,41)(H,38,43). The van der Waals surface area contributed by atoms with Crippen LogP contribution in [0, 0.1) is 6.92 Å². The number of ether oxygens (including phenoxy) is 1. The molecule has 0 fully saturated rings. The number of phenols is 1. The molecule has 0 aliphatic rings. The first kappa shape index (κ1) is 32.1. The Morgan fingerprint density at radius 2 is 1.55 bits per heavy atom. The Morgan fingerprint density at radius 1 is 0.886 bits per heavy atom. The van der Waals surface area contributed by atoms with E-state index in [2.05, 4.69) is 10.6 Å². The van der Waals surface area contributed by atoms with E-state index in [1.807, 2.05) is 80.6 Å². The van der Waals surface area contributed by atoms with Gasteiger partial charge in [-0.1, -0.05) is 73.7 Å². The summed E-state index contributed by atoms with van der Waals surface area (Å²) in [5.41, 5.74) is 2.11. The number of alkyl carbamates (subject to hydrolysis) is 1. The molecule has 44 heavy (non-hydrogen) atoms. The van der Waals surface area contributed by atoms with E-state index >= 15 is 0 Å². The molecule has 0 heterocycles. The molecule has 3 N–H and O–H groups in total. The van der Waals surface area contributed by atoms with Crippen LogP contribution in [0.15, 0.2) is 91.0 Å². The maximum atomic E-state index is 14.5. The average molecular weight is 596 g/mol. The molecule has 4 rings (SSSR count). The van der Waals surface area contributed by atoms with Gasteiger partial charge in [-0.05, 0) is 85.8 Å². The van der Waals surface area contributed by atoms with Crippen LogP contribution in [-0.4, -0.2) is 46.1 Å². The third kappa shape index (κ3) is 8.37. The minimum absolute atomic E-state index is 0.0920. The molecule has 0 saturated carbocycles. The highest BCUT2D eigenvalue weighted by Gasteiger charge is 2.36. The molecule has 0 radical (unpaired) electrons. The second-order valence-electron chi connectivity index (χ2n) is 11.9. The number of nitrogens with one attached hydrogen (secondary N) is 2. The number of benzene rings is 4. The lowest BCUT2D eigenvalue weighted by atomic mass is 9.96. The molecule has 0 aliphatic carbocycles. The van der Waals surface area contributed by atoms with Crippen LogP contribution in [0.1, 0.15) is 56.8 Å². The lowest BCUT2D eigenvalue weighted by molar-refractivity contribution is -0.140. The van der Waals surface area contributed by atoms with Crippen LogP contribution in [-0.2, 0) is 20.7 Å². The third-order valence-corrected chi connectivity index (χ3v) is 7.17. The molecule has 230 valence electrons. The van der Waals surface area contributed by atoms with Gasteiger partial charge in [-0.2, -0.15) is 0 Å². The van der Waals surface area contributed by atoms with Gasteiger partial charge in [-0.25, -0.2) is 4.79 Å². The molecule has 2 atom stereocenters. The van der Waals surface area contributed by atoms with Crippen LogP contribution in [0.4, 0.5) is 10.5 Å². The zero-order valence-corrected chi connectivity index (χ0v) is 26.0. The smallest absolute Gasteiger partial charge is 0.408 e. The van der Waals surface area contributed by atoms with Gasteiger partial charge < -0.3 is 25.4 Å².